The third-order valence-electron chi connectivity index (χ3n) is 3.22. The molecule has 4 unspecified atom stereocenters. The number of rotatable bonds is 2. The Morgan fingerprint density at radius 1 is 1.35 bits per heavy atom. The van der Waals surface area contributed by atoms with Crippen LogP contribution >= 0.6 is 22.6 Å². The number of aromatic nitrogens is 4. The largest absolute Gasteiger partial charge is 0.387 e. The maximum absolute atomic E-state index is 11.7. The molecule has 1 aliphatic heterocycles. The quantitative estimate of drug-likeness (QED) is 0.420. The summed E-state index contributed by atoms with van der Waals surface area (Å²) in [6.45, 7) is 0. The predicted molar refractivity (Wildman–Crippen MR) is 76.5 cm³/mol. The van der Waals surface area contributed by atoms with Crippen LogP contribution in [0.1, 0.15) is 6.23 Å². The van der Waals surface area contributed by atoms with E-state index in [2.05, 4.69) is 32.6 Å². The van der Waals surface area contributed by atoms with Crippen LogP contribution in [0.25, 0.3) is 5.78 Å². The Hall–Kier alpha value is -1.24. The number of alkyl halides is 1. The Balaban J connectivity index is 2.09. The molecule has 108 valence electrons. The molecule has 4 N–H and O–H groups in total. The molecule has 0 aliphatic carbocycles. The van der Waals surface area contributed by atoms with E-state index in [1.54, 1.807) is 0 Å². The summed E-state index contributed by atoms with van der Waals surface area (Å²) in [6, 6.07) is 0. The lowest BCUT2D eigenvalue weighted by Crippen LogP contribution is -2.32. The Morgan fingerprint density at radius 3 is 2.75 bits per heavy atom. The second-order valence-electron chi connectivity index (χ2n) is 4.44. The molecular formula is C10H12IN5O4. The molecule has 3 heterocycles. The summed E-state index contributed by atoms with van der Waals surface area (Å²) in [4.78, 5) is 19.1. The van der Waals surface area contributed by atoms with E-state index in [9.17, 15) is 15.0 Å². The van der Waals surface area contributed by atoms with E-state index in [4.69, 9.17) is 10.5 Å². The fraction of sp³-hybridized carbons (Fsp3) is 0.500. The van der Waals surface area contributed by atoms with Gasteiger partial charge < -0.3 is 20.7 Å². The summed E-state index contributed by atoms with van der Waals surface area (Å²) >= 11 is 2.07. The molecular weight excluding hydrogens is 381 g/mol. The van der Waals surface area contributed by atoms with E-state index >= 15 is 0 Å². The molecule has 0 saturated carbocycles. The first-order valence-corrected chi connectivity index (χ1v) is 7.35. The molecule has 0 aromatic carbocycles. The number of hydrogen-bond donors (Lipinski definition) is 3. The van der Waals surface area contributed by atoms with Gasteiger partial charge in [-0.25, -0.2) is 9.20 Å². The number of nitrogen functional groups attached to an aromatic ring is 1. The molecule has 9 nitrogen and oxygen atoms in total. The molecule has 0 radical (unpaired) electrons. The van der Waals surface area contributed by atoms with Gasteiger partial charge in [0.15, 0.2) is 6.23 Å². The highest BCUT2D eigenvalue weighted by Crippen LogP contribution is 2.31. The number of anilines is 1. The molecule has 10 heteroatoms. The van der Waals surface area contributed by atoms with Gasteiger partial charge in [-0.3, -0.25) is 4.57 Å². The Bertz CT molecular complexity index is 701. The number of hydrogen-bond acceptors (Lipinski definition) is 7. The van der Waals surface area contributed by atoms with Crippen molar-refractivity contribution in [3.63, 3.8) is 0 Å². The zero-order valence-corrected chi connectivity index (χ0v) is 12.3. The summed E-state index contributed by atoms with van der Waals surface area (Å²) in [5, 5.41) is 20.0. The summed E-state index contributed by atoms with van der Waals surface area (Å²) in [6.07, 6.45) is -0.437. The van der Waals surface area contributed by atoms with E-state index in [-0.39, 0.29) is 11.7 Å². The summed E-state index contributed by atoms with van der Waals surface area (Å²) in [5.41, 5.74) is 4.90. The first-order chi connectivity index (χ1) is 9.52. The van der Waals surface area contributed by atoms with Gasteiger partial charge >= 0.3 is 5.69 Å². The SMILES string of the molecule is Nc1nc(=O)n2ccn(C3OC(CI)C(O)C3O)c2n1. The van der Waals surface area contributed by atoms with Crippen molar-refractivity contribution in [1.82, 2.24) is 18.9 Å². The highest BCUT2D eigenvalue weighted by Gasteiger charge is 2.43. The first kappa shape index (κ1) is 13.7. The van der Waals surface area contributed by atoms with Crippen LogP contribution in [0.3, 0.4) is 0 Å². The molecule has 1 fully saturated rings. The van der Waals surface area contributed by atoms with E-state index in [0.717, 1.165) is 0 Å². The molecule has 4 atom stereocenters. The predicted octanol–water partition coefficient (Wildman–Crippen LogP) is -1.47. The van der Waals surface area contributed by atoms with Crippen LogP contribution in [0.2, 0.25) is 0 Å². The molecule has 3 rings (SSSR count). The van der Waals surface area contributed by atoms with Crippen molar-refractivity contribution in [2.75, 3.05) is 10.2 Å². The summed E-state index contributed by atoms with van der Waals surface area (Å²) < 4.78 is 8.79. The van der Waals surface area contributed by atoms with E-state index < -0.39 is 30.2 Å². The maximum Gasteiger partial charge on any atom is 0.357 e. The topological polar surface area (TPSA) is 128 Å². The van der Waals surface area contributed by atoms with Gasteiger partial charge in [-0.05, 0) is 0 Å². The number of fused-ring (bicyclic) bond motifs is 1. The van der Waals surface area contributed by atoms with Crippen LogP contribution in [0.15, 0.2) is 17.2 Å². The zero-order chi connectivity index (χ0) is 14.4. The smallest absolute Gasteiger partial charge is 0.357 e. The normalized spacial score (nSPS) is 30.1. The average Bonchev–Trinajstić information content (AvgIpc) is 2.93. The minimum absolute atomic E-state index is 0.159. The lowest BCUT2D eigenvalue weighted by Gasteiger charge is -2.16. The number of ether oxygens (including phenoxy) is 1. The van der Waals surface area contributed by atoms with Crippen molar-refractivity contribution in [3.8, 4) is 0 Å². The lowest BCUT2D eigenvalue weighted by molar-refractivity contribution is -0.0282. The van der Waals surface area contributed by atoms with Crippen LogP contribution in [-0.2, 0) is 4.74 Å². The lowest BCUT2D eigenvalue weighted by atomic mass is 10.1. The van der Waals surface area contributed by atoms with Gasteiger partial charge in [0.2, 0.25) is 11.7 Å². The average molecular weight is 393 g/mol. The Kier molecular flexibility index (Phi) is 3.40. The van der Waals surface area contributed by atoms with Crippen molar-refractivity contribution in [2.45, 2.75) is 24.5 Å². The van der Waals surface area contributed by atoms with Crippen molar-refractivity contribution < 1.29 is 14.9 Å². The van der Waals surface area contributed by atoms with Crippen molar-refractivity contribution in [2.24, 2.45) is 0 Å². The van der Waals surface area contributed by atoms with Gasteiger partial charge in [0.05, 0.1) is 6.10 Å². The molecule has 2 aromatic rings. The molecule has 1 aliphatic rings. The fourth-order valence-corrected chi connectivity index (χ4v) is 2.95. The monoisotopic (exact) mass is 393 g/mol. The Labute approximate surface area is 126 Å². The number of aliphatic hydroxyl groups excluding tert-OH is 2. The van der Waals surface area contributed by atoms with E-state index in [0.29, 0.717) is 4.43 Å². The number of aliphatic hydroxyl groups is 2. The van der Waals surface area contributed by atoms with Crippen molar-refractivity contribution in [3.05, 3.63) is 22.9 Å². The number of halogens is 1. The van der Waals surface area contributed by atoms with E-state index in [1.807, 2.05) is 0 Å². The summed E-state index contributed by atoms with van der Waals surface area (Å²) in [7, 11) is 0. The maximum atomic E-state index is 11.7. The van der Waals surface area contributed by atoms with Gasteiger partial charge in [0.25, 0.3) is 0 Å². The van der Waals surface area contributed by atoms with Gasteiger partial charge in [-0.2, -0.15) is 9.97 Å². The van der Waals surface area contributed by atoms with Crippen LogP contribution in [0, 0.1) is 0 Å². The highest BCUT2D eigenvalue weighted by molar-refractivity contribution is 14.1. The van der Waals surface area contributed by atoms with Gasteiger partial charge in [-0.15, -0.1) is 0 Å². The second-order valence-corrected chi connectivity index (χ2v) is 5.32. The highest BCUT2D eigenvalue weighted by atomic mass is 127. The van der Waals surface area contributed by atoms with Crippen molar-refractivity contribution >= 4 is 34.3 Å². The van der Waals surface area contributed by atoms with Gasteiger partial charge in [0, 0.05) is 16.8 Å². The van der Waals surface area contributed by atoms with Crippen molar-refractivity contribution in [1.29, 1.82) is 0 Å². The van der Waals surface area contributed by atoms with Crippen LogP contribution in [0.4, 0.5) is 5.95 Å². The Morgan fingerprint density at radius 2 is 2.10 bits per heavy atom. The van der Waals surface area contributed by atoms with Crippen LogP contribution in [0.5, 0.6) is 0 Å². The third-order valence-corrected chi connectivity index (χ3v) is 4.09. The minimum atomic E-state index is -1.11. The van der Waals surface area contributed by atoms with E-state index in [1.165, 1.54) is 21.4 Å². The zero-order valence-electron chi connectivity index (χ0n) is 10.1. The molecule has 0 bridgehead atoms. The fourth-order valence-electron chi connectivity index (χ4n) is 2.22. The number of nitrogens with zero attached hydrogens (tertiary/aromatic N) is 4. The second kappa shape index (κ2) is 4.95. The molecule has 20 heavy (non-hydrogen) atoms. The van der Waals surface area contributed by atoms with Gasteiger partial charge in [0.1, 0.15) is 12.2 Å². The number of imidazole rings is 1. The molecule has 0 amide bonds. The third kappa shape index (κ3) is 1.99. The standard InChI is InChI=1S/C10H12IN5O4/c11-3-4-5(17)6(18)7(20-4)15-1-2-16-9(15)13-8(12)14-10(16)19/h1-2,4-7,17-18H,3H2,(H2,12,14,19). The van der Waals surface area contributed by atoms with Gasteiger partial charge in [-0.1, -0.05) is 22.6 Å². The summed E-state index contributed by atoms with van der Waals surface area (Å²) in [5.74, 6) is 0.0429. The minimum Gasteiger partial charge on any atom is -0.387 e. The van der Waals surface area contributed by atoms with Crippen LogP contribution in [-0.4, -0.2) is 51.9 Å². The first-order valence-electron chi connectivity index (χ1n) is 5.83. The number of nitrogens with two attached hydrogens (primary N) is 1. The molecule has 0 spiro atoms. The molecule has 2 aromatic heterocycles. The molecule has 1 saturated heterocycles. The van der Waals surface area contributed by atoms with Crippen LogP contribution < -0.4 is 11.4 Å².